The summed E-state index contributed by atoms with van der Waals surface area (Å²) >= 11 is 0. The number of hydrogen-bond donors (Lipinski definition) is 2. The maximum absolute atomic E-state index is 12.8. The van der Waals surface area contributed by atoms with E-state index in [0.29, 0.717) is 5.56 Å². The number of nitrogens with zero attached hydrogens (tertiary/aromatic N) is 3. The smallest absolute Gasteiger partial charge is 0.257 e. The summed E-state index contributed by atoms with van der Waals surface area (Å²) in [6.45, 7) is 3.83. The van der Waals surface area contributed by atoms with Crippen molar-refractivity contribution in [2.45, 2.75) is 13.8 Å². The molecule has 0 spiro atoms. The van der Waals surface area contributed by atoms with Gasteiger partial charge < -0.3 is 5.32 Å². The van der Waals surface area contributed by atoms with E-state index in [4.69, 9.17) is 0 Å². The number of carbonyl (C=O) groups is 1. The van der Waals surface area contributed by atoms with Crippen LogP contribution in [0.1, 0.15) is 21.7 Å². The van der Waals surface area contributed by atoms with E-state index in [1.165, 1.54) is 0 Å². The van der Waals surface area contributed by atoms with E-state index in [1.54, 1.807) is 12.3 Å². The van der Waals surface area contributed by atoms with Gasteiger partial charge in [-0.15, -0.1) is 0 Å². The summed E-state index contributed by atoms with van der Waals surface area (Å²) in [6.07, 6.45) is 1.70. The first-order valence-corrected chi connectivity index (χ1v) is 8.00. The van der Waals surface area contributed by atoms with Gasteiger partial charge >= 0.3 is 0 Å². The quantitative estimate of drug-likeness (QED) is 0.602. The van der Waals surface area contributed by atoms with Crippen LogP contribution in [0, 0.1) is 13.8 Å². The molecule has 0 fully saturated rings. The van der Waals surface area contributed by atoms with Crippen LogP contribution in [0.4, 0.5) is 5.69 Å². The average Bonchev–Trinajstić information content (AvgIpc) is 3.22. The lowest BCUT2D eigenvalue weighted by Gasteiger charge is -2.08. The molecule has 0 saturated heterocycles. The highest BCUT2D eigenvalue weighted by molar-refractivity contribution is 6.12. The SMILES string of the molecule is Cc1nn(-c2ccccc2)c(C)c1NC(=O)c1cccc2cn[nH]c12. The van der Waals surface area contributed by atoms with Crippen molar-refractivity contribution in [2.75, 3.05) is 5.32 Å². The Kier molecular flexibility index (Phi) is 3.57. The van der Waals surface area contributed by atoms with E-state index in [0.717, 1.165) is 33.7 Å². The Bertz CT molecular complexity index is 1060. The number of amides is 1. The van der Waals surface area contributed by atoms with Crippen molar-refractivity contribution in [3.05, 3.63) is 71.7 Å². The minimum absolute atomic E-state index is 0.186. The van der Waals surface area contributed by atoms with Crippen molar-refractivity contribution in [1.29, 1.82) is 0 Å². The molecule has 0 aliphatic heterocycles. The molecule has 0 bridgehead atoms. The van der Waals surface area contributed by atoms with Crippen LogP contribution in [-0.4, -0.2) is 25.9 Å². The number of aromatic nitrogens is 4. The van der Waals surface area contributed by atoms with Gasteiger partial charge in [0.05, 0.1) is 40.0 Å². The number of aryl methyl sites for hydroxylation is 1. The number of H-pyrrole nitrogens is 1. The van der Waals surface area contributed by atoms with Gasteiger partial charge in [0, 0.05) is 5.39 Å². The van der Waals surface area contributed by atoms with Gasteiger partial charge in [-0.25, -0.2) is 4.68 Å². The predicted molar refractivity (Wildman–Crippen MR) is 97.1 cm³/mol. The molecular formula is C19H17N5O. The molecule has 0 aliphatic rings. The summed E-state index contributed by atoms with van der Waals surface area (Å²) in [4.78, 5) is 12.8. The van der Waals surface area contributed by atoms with E-state index in [9.17, 15) is 4.79 Å². The molecule has 0 radical (unpaired) electrons. The molecule has 0 atom stereocenters. The molecule has 124 valence electrons. The Morgan fingerprint density at radius 1 is 1.08 bits per heavy atom. The van der Waals surface area contributed by atoms with E-state index >= 15 is 0 Å². The molecule has 2 N–H and O–H groups in total. The fourth-order valence-corrected chi connectivity index (χ4v) is 2.98. The third kappa shape index (κ3) is 2.57. The fourth-order valence-electron chi connectivity index (χ4n) is 2.98. The highest BCUT2D eigenvalue weighted by Crippen LogP contribution is 2.24. The number of anilines is 1. The summed E-state index contributed by atoms with van der Waals surface area (Å²) < 4.78 is 1.84. The number of hydrogen-bond acceptors (Lipinski definition) is 3. The molecule has 4 aromatic rings. The molecule has 2 heterocycles. The third-order valence-electron chi connectivity index (χ3n) is 4.25. The normalized spacial score (nSPS) is 11.0. The topological polar surface area (TPSA) is 75.6 Å². The van der Waals surface area contributed by atoms with Gasteiger partial charge in [-0.3, -0.25) is 9.89 Å². The highest BCUT2D eigenvalue weighted by atomic mass is 16.1. The van der Waals surface area contributed by atoms with Gasteiger partial charge in [0.15, 0.2) is 0 Å². The summed E-state index contributed by atoms with van der Waals surface area (Å²) in [5.74, 6) is -0.186. The van der Waals surface area contributed by atoms with Crippen LogP contribution in [0.25, 0.3) is 16.6 Å². The molecule has 0 saturated carbocycles. The number of fused-ring (bicyclic) bond motifs is 1. The first kappa shape index (κ1) is 15.1. The predicted octanol–water partition coefficient (Wildman–Crippen LogP) is 3.62. The zero-order chi connectivity index (χ0) is 17.4. The number of para-hydroxylation sites is 2. The molecule has 4 rings (SSSR count). The molecule has 25 heavy (non-hydrogen) atoms. The summed E-state index contributed by atoms with van der Waals surface area (Å²) in [5.41, 5.74) is 4.62. The summed E-state index contributed by atoms with van der Waals surface area (Å²) in [6, 6.07) is 15.4. The van der Waals surface area contributed by atoms with E-state index in [-0.39, 0.29) is 5.91 Å². The minimum Gasteiger partial charge on any atom is -0.319 e. The molecule has 6 heteroatoms. The molecule has 2 aromatic heterocycles. The Balaban J connectivity index is 1.71. The van der Waals surface area contributed by atoms with Crippen LogP contribution in [0.15, 0.2) is 54.7 Å². The van der Waals surface area contributed by atoms with Crippen molar-refractivity contribution in [3.8, 4) is 5.69 Å². The zero-order valence-corrected chi connectivity index (χ0v) is 13.9. The summed E-state index contributed by atoms with van der Waals surface area (Å²) in [5, 5.41) is 15.4. The number of rotatable bonds is 3. The number of benzene rings is 2. The van der Waals surface area contributed by atoms with Crippen molar-refractivity contribution in [2.24, 2.45) is 0 Å². The first-order chi connectivity index (χ1) is 12.1. The van der Waals surface area contributed by atoms with Crippen LogP contribution < -0.4 is 5.32 Å². The Labute approximate surface area is 144 Å². The van der Waals surface area contributed by atoms with E-state index in [1.807, 2.05) is 61.0 Å². The molecule has 1 amide bonds. The molecule has 0 unspecified atom stereocenters. The van der Waals surface area contributed by atoms with Crippen LogP contribution in [0.2, 0.25) is 0 Å². The maximum atomic E-state index is 12.8. The lowest BCUT2D eigenvalue weighted by molar-refractivity contribution is 0.102. The lowest BCUT2D eigenvalue weighted by atomic mass is 10.1. The Morgan fingerprint density at radius 2 is 1.88 bits per heavy atom. The first-order valence-electron chi connectivity index (χ1n) is 8.00. The van der Waals surface area contributed by atoms with Crippen molar-refractivity contribution in [3.63, 3.8) is 0 Å². The molecular weight excluding hydrogens is 314 g/mol. The van der Waals surface area contributed by atoms with E-state index in [2.05, 4.69) is 20.6 Å². The number of nitrogens with one attached hydrogen (secondary N) is 2. The number of aromatic amines is 1. The lowest BCUT2D eigenvalue weighted by Crippen LogP contribution is -2.13. The van der Waals surface area contributed by atoms with Crippen LogP contribution >= 0.6 is 0 Å². The minimum atomic E-state index is -0.186. The van der Waals surface area contributed by atoms with Crippen LogP contribution in [0.5, 0.6) is 0 Å². The Morgan fingerprint density at radius 3 is 2.68 bits per heavy atom. The average molecular weight is 331 g/mol. The van der Waals surface area contributed by atoms with Gasteiger partial charge in [-0.2, -0.15) is 10.2 Å². The van der Waals surface area contributed by atoms with Gasteiger partial charge in [0.2, 0.25) is 0 Å². The largest absolute Gasteiger partial charge is 0.319 e. The Hall–Kier alpha value is -3.41. The summed E-state index contributed by atoms with van der Waals surface area (Å²) in [7, 11) is 0. The molecule has 2 aromatic carbocycles. The van der Waals surface area contributed by atoms with E-state index < -0.39 is 0 Å². The van der Waals surface area contributed by atoms with Crippen molar-refractivity contribution < 1.29 is 4.79 Å². The second-order valence-corrected chi connectivity index (χ2v) is 5.89. The van der Waals surface area contributed by atoms with Crippen LogP contribution in [0.3, 0.4) is 0 Å². The second kappa shape index (κ2) is 5.90. The zero-order valence-electron chi connectivity index (χ0n) is 13.9. The van der Waals surface area contributed by atoms with Gasteiger partial charge in [0.25, 0.3) is 5.91 Å². The monoisotopic (exact) mass is 331 g/mol. The van der Waals surface area contributed by atoms with Crippen molar-refractivity contribution in [1.82, 2.24) is 20.0 Å². The molecule has 6 nitrogen and oxygen atoms in total. The second-order valence-electron chi connectivity index (χ2n) is 5.89. The molecule has 0 aliphatic carbocycles. The van der Waals surface area contributed by atoms with Gasteiger partial charge in [-0.05, 0) is 32.0 Å². The fraction of sp³-hybridized carbons (Fsp3) is 0.105. The van der Waals surface area contributed by atoms with Gasteiger partial charge in [-0.1, -0.05) is 30.3 Å². The maximum Gasteiger partial charge on any atom is 0.257 e. The number of carbonyl (C=O) groups excluding carboxylic acids is 1. The highest BCUT2D eigenvalue weighted by Gasteiger charge is 2.17. The standard InChI is InChI=1S/C19H17N5O/c1-12-17(13(2)24(23-12)15-8-4-3-5-9-15)21-19(25)16-10-6-7-14-11-20-22-18(14)16/h3-11H,1-2H3,(H,20,22)(H,21,25). The van der Waals surface area contributed by atoms with Crippen LogP contribution in [-0.2, 0) is 0 Å². The van der Waals surface area contributed by atoms with Crippen molar-refractivity contribution >= 4 is 22.5 Å². The third-order valence-corrected chi connectivity index (χ3v) is 4.25. The van der Waals surface area contributed by atoms with Gasteiger partial charge in [0.1, 0.15) is 0 Å².